The SMILES string of the molecule is Cc1noc(C)c1-c1ccc([C@@H]2CCCN(Cc3ncccc3F)C2)nc1. The van der Waals surface area contributed by atoms with Crippen molar-refractivity contribution in [3.63, 3.8) is 0 Å². The van der Waals surface area contributed by atoms with Gasteiger partial charge in [0.2, 0.25) is 0 Å². The quantitative estimate of drug-likeness (QED) is 0.690. The molecule has 0 radical (unpaired) electrons. The summed E-state index contributed by atoms with van der Waals surface area (Å²) in [5.74, 6) is 0.925. The Morgan fingerprint density at radius 2 is 2.11 bits per heavy atom. The van der Waals surface area contributed by atoms with Crippen LogP contribution in [0.5, 0.6) is 0 Å². The van der Waals surface area contributed by atoms with E-state index in [0.717, 1.165) is 54.2 Å². The second-order valence-electron chi connectivity index (χ2n) is 7.18. The summed E-state index contributed by atoms with van der Waals surface area (Å²) in [6, 6.07) is 7.28. The van der Waals surface area contributed by atoms with Crippen LogP contribution in [-0.4, -0.2) is 33.1 Å². The Labute approximate surface area is 158 Å². The fourth-order valence-corrected chi connectivity index (χ4v) is 3.88. The molecule has 0 amide bonds. The minimum atomic E-state index is -0.235. The van der Waals surface area contributed by atoms with Gasteiger partial charge in [0.15, 0.2) is 0 Å². The molecule has 1 saturated heterocycles. The second kappa shape index (κ2) is 7.56. The van der Waals surface area contributed by atoms with E-state index in [4.69, 9.17) is 9.51 Å². The minimum Gasteiger partial charge on any atom is -0.361 e. The first-order valence-corrected chi connectivity index (χ1v) is 9.33. The summed E-state index contributed by atoms with van der Waals surface area (Å²) in [5, 5.41) is 4.02. The Hall–Kier alpha value is -2.60. The van der Waals surface area contributed by atoms with E-state index in [0.29, 0.717) is 18.2 Å². The largest absolute Gasteiger partial charge is 0.361 e. The highest BCUT2D eigenvalue weighted by Crippen LogP contribution is 2.30. The van der Waals surface area contributed by atoms with Crippen LogP contribution in [0, 0.1) is 19.7 Å². The van der Waals surface area contributed by atoms with E-state index < -0.39 is 0 Å². The van der Waals surface area contributed by atoms with Gasteiger partial charge in [-0.3, -0.25) is 14.9 Å². The van der Waals surface area contributed by atoms with Crippen LogP contribution < -0.4 is 0 Å². The van der Waals surface area contributed by atoms with Gasteiger partial charge >= 0.3 is 0 Å². The fraction of sp³-hybridized carbons (Fsp3) is 0.381. The predicted octanol–water partition coefficient (Wildman–Crippen LogP) is 4.27. The van der Waals surface area contributed by atoms with Crippen LogP contribution in [0.15, 0.2) is 41.2 Å². The molecule has 0 aromatic carbocycles. The van der Waals surface area contributed by atoms with Crippen LogP contribution in [0.25, 0.3) is 11.1 Å². The molecule has 4 rings (SSSR count). The van der Waals surface area contributed by atoms with E-state index in [-0.39, 0.29) is 5.82 Å². The lowest BCUT2D eigenvalue weighted by Gasteiger charge is -2.32. The molecule has 27 heavy (non-hydrogen) atoms. The number of halogens is 1. The Morgan fingerprint density at radius 3 is 2.81 bits per heavy atom. The predicted molar refractivity (Wildman–Crippen MR) is 101 cm³/mol. The zero-order valence-corrected chi connectivity index (χ0v) is 15.7. The van der Waals surface area contributed by atoms with E-state index in [1.165, 1.54) is 6.07 Å². The van der Waals surface area contributed by atoms with Crippen molar-refractivity contribution in [3.8, 4) is 11.1 Å². The third-order valence-corrected chi connectivity index (χ3v) is 5.24. The normalized spacial score (nSPS) is 18.0. The number of likely N-dealkylation sites (tertiary alicyclic amines) is 1. The summed E-state index contributed by atoms with van der Waals surface area (Å²) in [5.41, 5.74) is 4.52. The first-order chi connectivity index (χ1) is 13.1. The first-order valence-electron chi connectivity index (χ1n) is 9.33. The third-order valence-electron chi connectivity index (χ3n) is 5.24. The summed E-state index contributed by atoms with van der Waals surface area (Å²) in [4.78, 5) is 11.2. The van der Waals surface area contributed by atoms with Crippen molar-refractivity contribution in [2.75, 3.05) is 13.1 Å². The van der Waals surface area contributed by atoms with Gasteiger partial charge in [-0.25, -0.2) is 4.39 Å². The summed E-state index contributed by atoms with van der Waals surface area (Å²) in [6.07, 6.45) is 5.72. The van der Waals surface area contributed by atoms with Crippen molar-refractivity contribution in [1.29, 1.82) is 0 Å². The number of aromatic nitrogens is 3. The van der Waals surface area contributed by atoms with E-state index in [1.54, 1.807) is 12.3 Å². The summed E-state index contributed by atoms with van der Waals surface area (Å²) < 4.78 is 19.2. The zero-order chi connectivity index (χ0) is 18.8. The number of rotatable bonds is 4. The molecule has 0 spiro atoms. The molecule has 1 fully saturated rings. The molecule has 0 aliphatic carbocycles. The highest BCUT2D eigenvalue weighted by Gasteiger charge is 2.23. The molecular formula is C21H23FN4O. The van der Waals surface area contributed by atoms with Crippen molar-refractivity contribution in [2.24, 2.45) is 0 Å². The average Bonchev–Trinajstić information content (AvgIpc) is 3.02. The van der Waals surface area contributed by atoms with Crippen LogP contribution in [0.1, 0.15) is 41.6 Å². The van der Waals surface area contributed by atoms with Crippen molar-refractivity contribution in [3.05, 3.63) is 65.3 Å². The summed E-state index contributed by atoms with van der Waals surface area (Å²) in [6.45, 7) is 6.23. The number of hydrogen-bond acceptors (Lipinski definition) is 5. The monoisotopic (exact) mass is 366 g/mol. The van der Waals surface area contributed by atoms with Crippen molar-refractivity contribution >= 4 is 0 Å². The maximum atomic E-state index is 13.9. The van der Waals surface area contributed by atoms with Crippen LogP contribution in [0.2, 0.25) is 0 Å². The lowest BCUT2D eigenvalue weighted by molar-refractivity contribution is 0.194. The topological polar surface area (TPSA) is 55.1 Å². The number of pyridine rings is 2. The minimum absolute atomic E-state index is 0.235. The molecule has 140 valence electrons. The lowest BCUT2D eigenvalue weighted by atomic mass is 9.93. The maximum absolute atomic E-state index is 13.9. The van der Waals surface area contributed by atoms with Gasteiger partial charge in [-0.2, -0.15) is 0 Å². The Morgan fingerprint density at radius 1 is 1.22 bits per heavy atom. The standard InChI is InChI=1S/C21H23FN4O/c1-14-21(15(2)27-25-14)16-7-8-19(24-11-16)17-5-4-10-26(12-17)13-20-18(22)6-3-9-23-20/h3,6-9,11,17H,4-5,10,12-13H2,1-2H3/t17-/m1/s1. The molecule has 4 heterocycles. The van der Waals surface area contributed by atoms with Crippen LogP contribution in [0.3, 0.4) is 0 Å². The van der Waals surface area contributed by atoms with E-state index in [2.05, 4.69) is 27.2 Å². The van der Waals surface area contributed by atoms with E-state index >= 15 is 0 Å². The van der Waals surface area contributed by atoms with Gasteiger partial charge in [0.05, 0.1) is 11.4 Å². The summed E-state index contributed by atoms with van der Waals surface area (Å²) >= 11 is 0. The average molecular weight is 366 g/mol. The first kappa shape index (κ1) is 17.8. The Balaban J connectivity index is 1.48. The second-order valence-corrected chi connectivity index (χ2v) is 7.18. The van der Waals surface area contributed by atoms with Gasteiger partial charge in [-0.1, -0.05) is 11.2 Å². The van der Waals surface area contributed by atoms with Gasteiger partial charge < -0.3 is 4.52 Å². The summed E-state index contributed by atoms with van der Waals surface area (Å²) in [7, 11) is 0. The van der Waals surface area contributed by atoms with Gasteiger partial charge in [0, 0.05) is 48.2 Å². The molecule has 6 heteroatoms. The molecule has 1 aliphatic rings. The van der Waals surface area contributed by atoms with Gasteiger partial charge in [-0.15, -0.1) is 0 Å². The van der Waals surface area contributed by atoms with Crippen LogP contribution in [-0.2, 0) is 6.54 Å². The number of piperidine rings is 1. The highest BCUT2D eigenvalue weighted by atomic mass is 19.1. The number of nitrogens with zero attached hydrogens (tertiary/aromatic N) is 4. The molecule has 3 aromatic rings. The Kier molecular flexibility index (Phi) is 4.99. The van der Waals surface area contributed by atoms with Crippen LogP contribution >= 0.6 is 0 Å². The van der Waals surface area contributed by atoms with E-state index in [1.807, 2.05) is 20.0 Å². The van der Waals surface area contributed by atoms with Gasteiger partial charge in [0.1, 0.15) is 11.6 Å². The third kappa shape index (κ3) is 3.76. The number of aryl methyl sites for hydroxylation is 2. The Bertz CT molecular complexity index is 903. The highest BCUT2D eigenvalue weighted by molar-refractivity contribution is 5.66. The van der Waals surface area contributed by atoms with Crippen molar-refractivity contribution < 1.29 is 8.91 Å². The van der Waals surface area contributed by atoms with Crippen molar-refractivity contribution in [2.45, 2.75) is 39.2 Å². The smallest absolute Gasteiger partial charge is 0.146 e. The molecule has 1 aliphatic heterocycles. The van der Waals surface area contributed by atoms with Crippen molar-refractivity contribution in [1.82, 2.24) is 20.0 Å². The molecule has 0 saturated carbocycles. The molecule has 0 unspecified atom stereocenters. The van der Waals surface area contributed by atoms with Crippen LogP contribution in [0.4, 0.5) is 4.39 Å². The maximum Gasteiger partial charge on any atom is 0.146 e. The van der Waals surface area contributed by atoms with E-state index in [9.17, 15) is 4.39 Å². The molecule has 0 N–H and O–H groups in total. The molecule has 5 nitrogen and oxygen atoms in total. The molecule has 1 atom stereocenters. The fourth-order valence-electron chi connectivity index (χ4n) is 3.88. The van der Waals surface area contributed by atoms with Gasteiger partial charge in [0.25, 0.3) is 0 Å². The zero-order valence-electron chi connectivity index (χ0n) is 15.7. The molecule has 0 bridgehead atoms. The molecular weight excluding hydrogens is 343 g/mol. The van der Waals surface area contributed by atoms with Gasteiger partial charge in [-0.05, 0) is 51.4 Å². The molecule has 3 aromatic heterocycles. The number of hydrogen-bond donors (Lipinski definition) is 0. The lowest BCUT2D eigenvalue weighted by Crippen LogP contribution is -2.34.